The molecule has 1 aromatic rings. The summed E-state index contributed by atoms with van der Waals surface area (Å²) in [6.07, 6.45) is 5.12. The van der Waals surface area contributed by atoms with Gasteiger partial charge < -0.3 is 17.4 Å². The second kappa shape index (κ2) is 5.43. The third kappa shape index (κ3) is 2.83. The van der Waals surface area contributed by atoms with Crippen molar-refractivity contribution in [3.05, 3.63) is 29.6 Å². The van der Waals surface area contributed by atoms with Crippen molar-refractivity contribution in [2.45, 2.75) is 18.8 Å². The van der Waals surface area contributed by atoms with E-state index in [9.17, 15) is 0 Å². The van der Waals surface area contributed by atoms with Crippen LogP contribution in [-0.4, -0.2) is 28.0 Å². The van der Waals surface area contributed by atoms with Crippen LogP contribution < -0.4 is 12.4 Å². The fourth-order valence-electron chi connectivity index (χ4n) is 1.14. The second-order valence-corrected chi connectivity index (χ2v) is 2.76. The van der Waals surface area contributed by atoms with E-state index in [1.807, 2.05) is 0 Å². The summed E-state index contributed by atoms with van der Waals surface area (Å²) >= 11 is 0. The summed E-state index contributed by atoms with van der Waals surface area (Å²) in [5.74, 6) is 0.544. The number of hydrogen-bond acceptors (Lipinski definition) is 2. The van der Waals surface area contributed by atoms with Crippen molar-refractivity contribution in [2.75, 3.05) is 0 Å². The van der Waals surface area contributed by atoms with Crippen molar-refractivity contribution in [1.82, 2.24) is 4.98 Å². The van der Waals surface area contributed by atoms with Crippen LogP contribution in [0.25, 0.3) is 0 Å². The van der Waals surface area contributed by atoms with Crippen LogP contribution in [0.5, 0.6) is 0 Å². The zero-order valence-corrected chi connectivity index (χ0v) is 9.30. The Morgan fingerprint density at radius 2 is 2.23 bits per heavy atom. The molecule has 0 atom stereocenters. The quantitative estimate of drug-likeness (QED) is 0.401. The van der Waals surface area contributed by atoms with Crippen molar-refractivity contribution in [2.24, 2.45) is 0 Å². The van der Waals surface area contributed by atoms with E-state index in [0.29, 0.717) is 11.5 Å². The Balaban J connectivity index is 0.000000720. The maximum absolute atomic E-state index is 8.69. The molecule has 1 fully saturated rings. The van der Waals surface area contributed by atoms with Crippen LogP contribution in [0.1, 0.15) is 30.0 Å². The molecule has 0 amide bonds. The van der Waals surface area contributed by atoms with Gasteiger partial charge in [0, 0.05) is 0 Å². The summed E-state index contributed by atoms with van der Waals surface area (Å²) in [4.78, 5) is 4.06. The Morgan fingerprint density at radius 3 is 2.77 bits per heavy atom. The Morgan fingerprint density at radius 1 is 1.54 bits per heavy atom. The zero-order valence-electron chi connectivity index (χ0n) is 7.13. The number of nitriles is 1. The molecule has 1 aromatic heterocycles. The predicted octanol–water partition coefficient (Wildman–Crippen LogP) is -1.75. The molecule has 0 unspecified atom stereocenters. The molecule has 1 heterocycles. The van der Waals surface area contributed by atoms with E-state index in [1.165, 1.54) is 12.8 Å². The average Bonchev–Trinajstić information content (AvgIpc) is 2.87. The number of halogens is 1. The summed E-state index contributed by atoms with van der Waals surface area (Å²) in [6, 6.07) is 5.60. The normalized spacial score (nSPS) is 13.5. The van der Waals surface area contributed by atoms with E-state index < -0.39 is 0 Å². The van der Waals surface area contributed by atoms with Gasteiger partial charge in [-0.3, -0.25) is 0 Å². The number of nitrogens with zero attached hydrogens (tertiary/aromatic N) is 2. The van der Waals surface area contributed by atoms with Crippen LogP contribution in [0.15, 0.2) is 12.1 Å². The van der Waals surface area contributed by atoms with Gasteiger partial charge >= 0.3 is 23.1 Å². The minimum atomic E-state index is 0. The van der Waals surface area contributed by atoms with E-state index in [4.69, 9.17) is 5.26 Å². The summed E-state index contributed by atoms with van der Waals surface area (Å²) < 4.78 is 0. The fraction of sp³-hybridized carbons (Fsp3) is 0.333. The molecule has 1 aliphatic carbocycles. The third-order valence-corrected chi connectivity index (χ3v) is 1.87. The van der Waals surface area contributed by atoms with E-state index >= 15 is 0 Å². The van der Waals surface area contributed by atoms with Gasteiger partial charge in [-0.2, -0.15) is 11.3 Å². The van der Waals surface area contributed by atoms with Gasteiger partial charge in [-0.25, -0.2) is 0 Å². The standard InChI is InChI=1S/C9H7N2.ClH.Mg/c10-6-8-2-1-5-11-9(8)7-3-4-7;;/h1-2,7H,3-4H2;1H;/q-1;;+2/p-1. The Kier molecular flexibility index (Phi) is 5.30. The van der Waals surface area contributed by atoms with Gasteiger partial charge in [-0.1, -0.05) is 24.7 Å². The smallest absolute Gasteiger partial charge is 1.00 e. The molecule has 0 aromatic carbocycles. The third-order valence-electron chi connectivity index (χ3n) is 1.87. The molecular formula is C9H7ClMgN2. The SMILES string of the molecule is N#Cc1cc[c-]nc1C1CC1.[Cl-].[Mg+2]. The Labute approximate surface area is 99.9 Å². The van der Waals surface area contributed by atoms with Crippen LogP contribution >= 0.6 is 0 Å². The van der Waals surface area contributed by atoms with Crippen LogP contribution in [0.2, 0.25) is 0 Å². The first-order valence-corrected chi connectivity index (χ1v) is 3.69. The molecular weight excluding hydrogens is 196 g/mol. The average molecular weight is 203 g/mol. The van der Waals surface area contributed by atoms with E-state index in [0.717, 1.165) is 5.69 Å². The van der Waals surface area contributed by atoms with Crippen molar-refractivity contribution < 1.29 is 12.4 Å². The molecule has 0 radical (unpaired) electrons. The summed E-state index contributed by atoms with van der Waals surface area (Å²) in [5, 5.41) is 8.69. The molecule has 4 heteroatoms. The molecule has 0 N–H and O–H groups in total. The van der Waals surface area contributed by atoms with Crippen LogP contribution in [0.3, 0.4) is 0 Å². The van der Waals surface area contributed by atoms with Crippen LogP contribution in [-0.2, 0) is 0 Å². The molecule has 0 saturated heterocycles. The van der Waals surface area contributed by atoms with Gasteiger partial charge in [0.25, 0.3) is 0 Å². The van der Waals surface area contributed by atoms with Gasteiger partial charge in [0.2, 0.25) is 0 Å². The van der Waals surface area contributed by atoms with Gasteiger partial charge in [-0.15, -0.1) is 6.07 Å². The summed E-state index contributed by atoms with van der Waals surface area (Å²) in [5.41, 5.74) is 1.65. The molecule has 1 saturated carbocycles. The molecule has 1 aliphatic rings. The second-order valence-electron chi connectivity index (χ2n) is 2.76. The maximum atomic E-state index is 8.69. The minimum Gasteiger partial charge on any atom is -1.00 e. The topological polar surface area (TPSA) is 36.7 Å². The zero-order chi connectivity index (χ0) is 7.68. The summed E-state index contributed by atoms with van der Waals surface area (Å²) in [7, 11) is 0. The van der Waals surface area contributed by atoms with E-state index in [1.54, 1.807) is 12.1 Å². The van der Waals surface area contributed by atoms with Gasteiger partial charge in [0.05, 0.1) is 6.07 Å². The van der Waals surface area contributed by atoms with Crippen LogP contribution in [0.4, 0.5) is 0 Å². The Bertz CT molecular complexity index is 318. The Hall–Kier alpha value is -0.304. The number of pyridine rings is 1. The summed E-state index contributed by atoms with van der Waals surface area (Å²) in [6.45, 7) is 0. The largest absolute Gasteiger partial charge is 2.00 e. The van der Waals surface area contributed by atoms with E-state index in [2.05, 4.69) is 17.3 Å². The van der Waals surface area contributed by atoms with Crippen molar-refractivity contribution in [3.63, 3.8) is 0 Å². The van der Waals surface area contributed by atoms with Gasteiger partial charge in [0.1, 0.15) is 0 Å². The number of rotatable bonds is 1. The first kappa shape index (κ1) is 12.7. The van der Waals surface area contributed by atoms with Crippen molar-refractivity contribution in [3.8, 4) is 6.07 Å². The molecule has 13 heavy (non-hydrogen) atoms. The molecule has 0 spiro atoms. The van der Waals surface area contributed by atoms with Crippen molar-refractivity contribution >= 4 is 23.1 Å². The van der Waals surface area contributed by atoms with E-state index in [-0.39, 0.29) is 35.5 Å². The van der Waals surface area contributed by atoms with Gasteiger partial charge in [0.15, 0.2) is 0 Å². The molecule has 2 rings (SSSR count). The fourth-order valence-corrected chi connectivity index (χ4v) is 1.14. The number of aromatic nitrogens is 1. The molecule has 0 aliphatic heterocycles. The van der Waals surface area contributed by atoms with Crippen LogP contribution in [0, 0.1) is 17.5 Å². The number of hydrogen-bond donors (Lipinski definition) is 0. The molecule has 62 valence electrons. The molecule has 0 bridgehead atoms. The first-order valence-electron chi connectivity index (χ1n) is 3.69. The maximum Gasteiger partial charge on any atom is 2.00 e. The predicted molar refractivity (Wildman–Crippen MR) is 45.5 cm³/mol. The monoisotopic (exact) mass is 202 g/mol. The van der Waals surface area contributed by atoms with Gasteiger partial charge in [-0.05, 0) is 11.5 Å². The minimum absolute atomic E-state index is 0. The van der Waals surface area contributed by atoms with Crippen molar-refractivity contribution in [1.29, 1.82) is 5.26 Å². The molecule has 2 nitrogen and oxygen atoms in total. The first-order chi connectivity index (χ1) is 5.42.